The van der Waals surface area contributed by atoms with Gasteiger partial charge >= 0.3 is 0 Å². The minimum Gasteiger partial charge on any atom is -0.368 e. The minimum absolute atomic E-state index is 0. The number of piperidine rings is 1. The molecule has 1 aromatic heterocycles. The van der Waals surface area contributed by atoms with Crippen molar-refractivity contribution in [1.82, 2.24) is 20.1 Å². The average molecular weight is 502 g/mol. The Hall–Kier alpha value is -2.06. The van der Waals surface area contributed by atoms with Crippen LogP contribution in [-0.2, 0) is 13.0 Å². The summed E-state index contributed by atoms with van der Waals surface area (Å²) >= 11 is 6.01. The molecule has 2 aromatic carbocycles. The van der Waals surface area contributed by atoms with Gasteiger partial charge in [0.05, 0.1) is 0 Å². The molecular weight excluding hydrogens is 474 g/mol. The highest BCUT2D eigenvalue weighted by Crippen LogP contribution is 2.23. The van der Waals surface area contributed by atoms with E-state index in [9.17, 15) is 4.39 Å². The second-order valence-corrected chi connectivity index (χ2v) is 8.11. The van der Waals surface area contributed by atoms with E-state index in [1.807, 2.05) is 24.3 Å². The van der Waals surface area contributed by atoms with Crippen molar-refractivity contribution < 1.29 is 4.39 Å². The fourth-order valence-electron chi connectivity index (χ4n) is 4.00. The van der Waals surface area contributed by atoms with Gasteiger partial charge in [-0.2, -0.15) is 4.98 Å². The number of hydrogen-bond acceptors (Lipinski definition) is 5. The van der Waals surface area contributed by atoms with Gasteiger partial charge in [-0.3, -0.25) is 4.90 Å². The highest BCUT2D eigenvalue weighted by Gasteiger charge is 2.26. The standard InChI is InChI=1S/C22H26ClFN6.2ClH/c23-18-7-5-16(6-8-18)9-12-30(15-17-3-1-2-4-20(17)24)19-10-13-29(14-11-19)22-26-21(25)27-28-22;;/h1-8,19H,9-15H2,(H3,25,26,27,28);2*1H. The number of benzene rings is 2. The second-order valence-electron chi connectivity index (χ2n) is 7.68. The molecule has 1 aliphatic rings. The number of hydrogen-bond donors (Lipinski definition) is 2. The summed E-state index contributed by atoms with van der Waals surface area (Å²) in [4.78, 5) is 8.77. The van der Waals surface area contributed by atoms with Gasteiger partial charge in [0.25, 0.3) is 0 Å². The van der Waals surface area contributed by atoms with Gasteiger partial charge in [0.1, 0.15) is 5.82 Å². The molecule has 0 amide bonds. The molecule has 3 aromatic rings. The first-order valence-corrected chi connectivity index (χ1v) is 10.6. The van der Waals surface area contributed by atoms with Gasteiger partial charge in [-0.25, -0.2) is 9.49 Å². The lowest BCUT2D eigenvalue weighted by Gasteiger charge is -2.38. The molecule has 0 aliphatic carbocycles. The highest BCUT2D eigenvalue weighted by molar-refractivity contribution is 6.30. The number of rotatable bonds is 7. The number of aromatic amines is 1. The highest BCUT2D eigenvalue weighted by atomic mass is 35.5. The number of anilines is 2. The molecular formula is C22H28Cl3FN6. The lowest BCUT2D eigenvalue weighted by molar-refractivity contribution is 0.160. The van der Waals surface area contributed by atoms with E-state index >= 15 is 0 Å². The van der Waals surface area contributed by atoms with Gasteiger partial charge < -0.3 is 10.6 Å². The van der Waals surface area contributed by atoms with Crippen molar-refractivity contribution in [3.8, 4) is 0 Å². The number of nitrogens with two attached hydrogens (primary N) is 1. The molecule has 1 saturated heterocycles. The van der Waals surface area contributed by atoms with Crippen LogP contribution in [0.5, 0.6) is 0 Å². The molecule has 0 spiro atoms. The molecule has 1 aliphatic heterocycles. The number of halogens is 4. The number of nitrogens with zero attached hydrogens (tertiary/aromatic N) is 4. The van der Waals surface area contributed by atoms with E-state index < -0.39 is 0 Å². The van der Waals surface area contributed by atoms with E-state index in [4.69, 9.17) is 17.3 Å². The van der Waals surface area contributed by atoms with E-state index in [-0.39, 0.29) is 30.6 Å². The monoisotopic (exact) mass is 500 g/mol. The molecule has 0 atom stereocenters. The predicted molar refractivity (Wildman–Crippen MR) is 132 cm³/mol. The molecule has 0 unspecified atom stereocenters. The Morgan fingerprint density at radius 1 is 1.09 bits per heavy atom. The molecule has 2 heterocycles. The first kappa shape index (κ1) is 26.2. The minimum atomic E-state index is -0.150. The first-order chi connectivity index (χ1) is 14.6. The van der Waals surface area contributed by atoms with Crippen LogP contribution in [0.3, 0.4) is 0 Å². The van der Waals surface area contributed by atoms with Crippen LogP contribution in [-0.4, -0.2) is 45.8 Å². The summed E-state index contributed by atoms with van der Waals surface area (Å²) in [6.45, 7) is 3.14. The maximum atomic E-state index is 14.3. The number of nitrogen functional groups attached to an aromatic ring is 1. The van der Waals surface area contributed by atoms with Crippen LogP contribution in [0.1, 0.15) is 24.0 Å². The third-order valence-electron chi connectivity index (χ3n) is 5.69. The van der Waals surface area contributed by atoms with Gasteiger partial charge in [-0.15, -0.1) is 29.9 Å². The Bertz CT molecular complexity index is 960. The maximum absolute atomic E-state index is 14.3. The fourth-order valence-corrected chi connectivity index (χ4v) is 4.12. The van der Waals surface area contributed by atoms with Crippen LogP contribution in [0, 0.1) is 5.82 Å². The summed E-state index contributed by atoms with van der Waals surface area (Å²) < 4.78 is 14.3. The van der Waals surface area contributed by atoms with Crippen LogP contribution in [0.2, 0.25) is 5.02 Å². The summed E-state index contributed by atoms with van der Waals surface area (Å²) in [5.41, 5.74) is 7.62. The Balaban J connectivity index is 0.00000181. The zero-order valence-electron chi connectivity index (χ0n) is 17.6. The third-order valence-corrected chi connectivity index (χ3v) is 5.94. The molecule has 3 N–H and O–H groups in total. The molecule has 6 nitrogen and oxygen atoms in total. The number of H-pyrrole nitrogens is 1. The Kier molecular flexibility index (Phi) is 10.0. The molecule has 0 bridgehead atoms. The van der Waals surface area contributed by atoms with E-state index in [2.05, 4.69) is 37.1 Å². The van der Waals surface area contributed by atoms with Crippen molar-refractivity contribution >= 4 is 48.3 Å². The van der Waals surface area contributed by atoms with Crippen molar-refractivity contribution in [1.29, 1.82) is 0 Å². The largest absolute Gasteiger partial charge is 0.368 e. The van der Waals surface area contributed by atoms with Gasteiger partial charge in [0.15, 0.2) is 0 Å². The molecule has 174 valence electrons. The average Bonchev–Trinajstić information content (AvgIpc) is 3.20. The number of aromatic nitrogens is 3. The summed E-state index contributed by atoms with van der Waals surface area (Å²) in [5.74, 6) is 0.826. The van der Waals surface area contributed by atoms with Crippen LogP contribution in [0.25, 0.3) is 0 Å². The number of nitrogens with one attached hydrogen (secondary N) is 1. The zero-order valence-corrected chi connectivity index (χ0v) is 20.0. The smallest absolute Gasteiger partial charge is 0.246 e. The van der Waals surface area contributed by atoms with Crippen molar-refractivity contribution in [3.63, 3.8) is 0 Å². The Labute approximate surface area is 205 Å². The normalized spacial score (nSPS) is 14.2. The lowest BCUT2D eigenvalue weighted by atomic mass is 10.0. The quantitative estimate of drug-likeness (QED) is 0.489. The summed E-state index contributed by atoms with van der Waals surface area (Å²) in [6, 6.07) is 15.3. The summed E-state index contributed by atoms with van der Waals surface area (Å²) in [5, 5.41) is 7.60. The fraction of sp³-hybridized carbons (Fsp3) is 0.364. The Morgan fingerprint density at radius 3 is 2.41 bits per heavy atom. The molecule has 4 rings (SSSR count). The maximum Gasteiger partial charge on any atom is 0.246 e. The van der Waals surface area contributed by atoms with E-state index in [0.717, 1.165) is 49.5 Å². The topological polar surface area (TPSA) is 74.1 Å². The van der Waals surface area contributed by atoms with Crippen LogP contribution >= 0.6 is 36.4 Å². The van der Waals surface area contributed by atoms with Gasteiger partial charge in [0, 0.05) is 42.8 Å². The van der Waals surface area contributed by atoms with Gasteiger partial charge in [0.2, 0.25) is 11.9 Å². The van der Waals surface area contributed by atoms with Crippen molar-refractivity contribution in [2.45, 2.75) is 31.8 Å². The Morgan fingerprint density at radius 2 is 1.78 bits per heavy atom. The molecule has 0 saturated carbocycles. The first-order valence-electron chi connectivity index (χ1n) is 10.2. The summed E-state index contributed by atoms with van der Waals surface area (Å²) in [6.07, 6.45) is 2.82. The van der Waals surface area contributed by atoms with Crippen molar-refractivity contribution in [2.75, 3.05) is 30.3 Å². The van der Waals surface area contributed by atoms with Crippen molar-refractivity contribution in [3.05, 3.63) is 70.5 Å². The second kappa shape index (κ2) is 12.3. The van der Waals surface area contributed by atoms with Crippen molar-refractivity contribution in [2.24, 2.45) is 0 Å². The molecule has 10 heteroatoms. The third kappa shape index (κ3) is 6.72. The van der Waals surface area contributed by atoms with Gasteiger partial charge in [-0.05, 0) is 43.0 Å². The molecule has 0 radical (unpaired) electrons. The molecule has 1 fully saturated rings. The lowest BCUT2D eigenvalue weighted by Crippen LogP contribution is -2.45. The van der Waals surface area contributed by atoms with Crippen LogP contribution < -0.4 is 10.6 Å². The van der Waals surface area contributed by atoms with E-state index in [1.165, 1.54) is 11.6 Å². The zero-order chi connectivity index (χ0) is 20.9. The van der Waals surface area contributed by atoms with Crippen LogP contribution in [0.4, 0.5) is 16.3 Å². The SMILES string of the molecule is Cl.Cl.Nc1nc(N2CCC(N(CCc3ccc(Cl)cc3)Cc3ccccc3F)CC2)n[nH]1. The van der Waals surface area contributed by atoms with E-state index in [0.29, 0.717) is 24.5 Å². The van der Waals surface area contributed by atoms with Crippen LogP contribution in [0.15, 0.2) is 48.5 Å². The van der Waals surface area contributed by atoms with Gasteiger partial charge in [-0.1, -0.05) is 41.9 Å². The predicted octanol–water partition coefficient (Wildman–Crippen LogP) is 4.74. The summed E-state index contributed by atoms with van der Waals surface area (Å²) in [7, 11) is 0. The molecule has 32 heavy (non-hydrogen) atoms. The van der Waals surface area contributed by atoms with E-state index in [1.54, 1.807) is 6.07 Å².